The van der Waals surface area contributed by atoms with Gasteiger partial charge in [0.25, 0.3) is 0 Å². The first-order valence-corrected chi connectivity index (χ1v) is 9.05. The number of rotatable bonds is 5. The second-order valence-corrected chi connectivity index (χ2v) is 8.44. The fraction of sp³-hybridized carbons (Fsp3) is 0.944. The van der Waals surface area contributed by atoms with E-state index in [1.165, 1.54) is 6.42 Å². The Bertz CT molecular complexity index is 400. The van der Waals surface area contributed by atoms with Crippen LogP contribution in [0.5, 0.6) is 0 Å². The van der Waals surface area contributed by atoms with Crippen molar-refractivity contribution < 1.29 is 9.47 Å². The topological polar surface area (TPSA) is 54.9 Å². The van der Waals surface area contributed by atoms with E-state index < -0.39 is 0 Å². The van der Waals surface area contributed by atoms with Gasteiger partial charge >= 0.3 is 0 Å². The summed E-state index contributed by atoms with van der Waals surface area (Å²) in [5.41, 5.74) is 0.392. The Labute approximate surface area is 141 Å². The number of hydrogen-bond acceptors (Lipinski definition) is 3. The molecule has 134 valence electrons. The summed E-state index contributed by atoms with van der Waals surface area (Å²) >= 11 is 0. The second-order valence-electron chi connectivity index (χ2n) is 8.44. The normalized spacial score (nSPS) is 28.1. The van der Waals surface area contributed by atoms with Crippen molar-refractivity contribution in [2.75, 3.05) is 39.5 Å². The molecule has 2 rings (SSSR count). The molecule has 0 spiro atoms. The molecule has 0 radical (unpaired) electrons. The molecular formula is C18H35N3O2. The van der Waals surface area contributed by atoms with Crippen LogP contribution >= 0.6 is 0 Å². The fourth-order valence-electron chi connectivity index (χ4n) is 3.39. The van der Waals surface area contributed by atoms with Crippen molar-refractivity contribution in [3.05, 3.63) is 0 Å². The molecule has 23 heavy (non-hydrogen) atoms. The number of hydrogen-bond donors (Lipinski definition) is 2. The molecule has 2 aliphatic heterocycles. The van der Waals surface area contributed by atoms with Crippen LogP contribution < -0.4 is 10.6 Å². The van der Waals surface area contributed by atoms with Crippen LogP contribution in [0.1, 0.15) is 47.5 Å². The van der Waals surface area contributed by atoms with E-state index in [1.807, 2.05) is 0 Å². The van der Waals surface area contributed by atoms with Crippen molar-refractivity contribution in [3.63, 3.8) is 0 Å². The highest BCUT2D eigenvalue weighted by molar-refractivity contribution is 5.79. The standard InChI is InChI=1S/C18H35N3O2/c1-6-19-16(21-11-18(5)12-22-13-18)20-10-14-8-7-9-23-15(14)17(2,3)4/h14-15H,6-13H2,1-5H3,(H2,19,20,21). The molecule has 2 fully saturated rings. The molecular weight excluding hydrogens is 290 g/mol. The summed E-state index contributed by atoms with van der Waals surface area (Å²) in [6.07, 6.45) is 2.69. The SMILES string of the molecule is CCNC(=NCC1(C)COC1)NCC1CCCOC1C(C)(C)C. The van der Waals surface area contributed by atoms with Crippen LogP contribution in [0.15, 0.2) is 4.99 Å². The monoisotopic (exact) mass is 325 g/mol. The zero-order chi connectivity index (χ0) is 16.9. The van der Waals surface area contributed by atoms with E-state index in [-0.39, 0.29) is 10.8 Å². The van der Waals surface area contributed by atoms with Gasteiger partial charge in [0.2, 0.25) is 0 Å². The molecule has 2 N–H and O–H groups in total. The van der Waals surface area contributed by atoms with Gasteiger partial charge in [0, 0.05) is 31.0 Å². The third-order valence-electron chi connectivity index (χ3n) is 4.69. The molecule has 0 aromatic carbocycles. The van der Waals surface area contributed by atoms with Crippen molar-refractivity contribution in [2.24, 2.45) is 21.7 Å². The maximum Gasteiger partial charge on any atom is 0.191 e. The highest BCUT2D eigenvalue weighted by atomic mass is 16.5. The summed E-state index contributed by atoms with van der Waals surface area (Å²) in [5, 5.41) is 6.89. The molecule has 2 atom stereocenters. The zero-order valence-corrected chi connectivity index (χ0v) is 15.6. The van der Waals surface area contributed by atoms with Crippen molar-refractivity contribution in [2.45, 2.75) is 53.6 Å². The first-order valence-electron chi connectivity index (χ1n) is 9.05. The molecule has 0 aliphatic carbocycles. The third-order valence-corrected chi connectivity index (χ3v) is 4.69. The van der Waals surface area contributed by atoms with Gasteiger partial charge in [-0.3, -0.25) is 4.99 Å². The molecule has 0 amide bonds. The smallest absolute Gasteiger partial charge is 0.191 e. The largest absolute Gasteiger partial charge is 0.380 e. The number of nitrogens with one attached hydrogen (secondary N) is 2. The fourth-order valence-corrected chi connectivity index (χ4v) is 3.39. The van der Waals surface area contributed by atoms with E-state index in [9.17, 15) is 0 Å². The Morgan fingerprint density at radius 3 is 2.57 bits per heavy atom. The van der Waals surface area contributed by atoms with Crippen molar-refractivity contribution >= 4 is 5.96 Å². The number of nitrogens with zero attached hydrogens (tertiary/aromatic N) is 1. The summed E-state index contributed by atoms with van der Waals surface area (Å²) < 4.78 is 11.4. The molecule has 0 aromatic rings. The van der Waals surface area contributed by atoms with E-state index in [0.717, 1.165) is 51.8 Å². The van der Waals surface area contributed by atoms with Crippen molar-refractivity contribution in [1.29, 1.82) is 0 Å². The summed E-state index contributed by atoms with van der Waals surface area (Å²) in [5.74, 6) is 1.45. The number of guanidine groups is 1. The van der Waals surface area contributed by atoms with Crippen LogP contribution in [0.2, 0.25) is 0 Å². The van der Waals surface area contributed by atoms with Gasteiger partial charge in [-0.25, -0.2) is 0 Å². The lowest BCUT2D eigenvalue weighted by atomic mass is 9.78. The summed E-state index contributed by atoms with van der Waals surface area (Å²) in [6.45, 7) is 16.3. The van der Waals surface area contributed by atoms with Crippen molar-refractivity contribution in [3.8, 4) is 0 Å². The van der Waals surface area contributed by atoms with Gasteiger partial charge < -0.3 is 20.1 Å². The molecule has 0 bridgehead atoms. The van der Waals surface area contributed by atoms with Gasteiger partial charge in [-0.15, -0.1) is 0 Å². The molecule has 2 saturated heterocycles. The van der Waals surface area contributed by atoms with Crippen LogP contribution in [0.4, 0.5) is 0 Å². The predicted octanol–water partition coefficient (Wildman–Crippen LogP) is 2.42. The summed E-state index contributed by atoms with van der Waals surface area (Å²) in [4.78, 5) is 4.75. The Balaban J connectivity index is 1.90. The minimum absolute atomic E-state index is 0.180. The molecule has 2 heterocycles. The Kier molecular flexibility index (Phi) is 6.32. The molecule has 0 aromatic heterocycles. The number of aliphatic imine (C=N–C) groups is 1. The van der Waals surface area contributed by atoms with E-state index in [0.29, 0.717) is 12.0 Å². The molecule has 5 nitrogen and oxygen atoms in total. The van der Waals surface area contributed by atoms with Crippen LogP contribution in [0.25, 0.3) is 0 Å². The van der Waals surface area contributed by atoms with Crippen LogP contribution in [-0.2, 0) is 9.47 Å². The van der Waals surface area contributed by atoms with Gasteiger partial charge in [0.05, 0.1) is 25.9 Å². The Hall–Kier alpha value is -0.810. The number of ether oxygens (including phenoxy) is 2. The van der Waals surface area contributed by atoms with E-state index >= 15 is 0 Å². The maximum absolute atomic E-state index is 6.07. The summed E-state index contributed by atoms with van der Waals surface area (Å²) in [6, 6.07) is 0. The average molecular weight is 325 g/mol. The van der Waals surface area contributed by atoms with E-state index in [2.05, 4.69) is 45.3 Å². The van der Waals surface area contributed by atoms with Crippen LogP contribution in [0.3, 0.4) is 0 Å². The van der Waals surface area contributed by atoms with Crippen LogP contribution in [0, 0.1) is 16.7 Å². The van der Waals surface area contributed by atoms with E-state index in [4.69, 9.17) is 14.5 Å². The van der Waals surface area contributed by atoms with Gasteiger partial charge in [0.15, 0.2) is 5.96 Å². The first-order chi connectivity index (χ1) is 10.8. The highest BCUT2D eigenvalue weighted by Gasteiger charge is 2.35. The first kappa shape index (κ1) is 18.5. The molecule has 2 aliphatic rings. The lowest BCUT2D eigenvalue weighted by Gasteiger charge is -2.40. The highest BCUT2D eigenvalue weighted by Crippen LogP contribution is 2.33. The molecule has 0 saturated carbocycles. The van der Waals surface area contributed by atoms with Crippen molar-refractivity contribution in [1.82, 2.24) is 10.6 Å². The Morgan fingerprint density at radius 1 is 1.26 bits per heavy atom. The average Bonchev–Trinajstić information content (AvgIpc) is 2.47. The minimum atomic E-state index is 0.180. The van der Waals surface area contributed by atoms with Gasteiger partial charge in [-0.05, 0) is 25.2 Å². The van der Waals surface area contributed by atoms with E-state index in [1.54, 1.807) is 0 Å². The quantitative estimate of drug-likeness (QED) is 0.602. The maximum atomic E-state index is 6.07. The predicted molar refractivity (Wildman–Crippen MR) is 94.8 cm³/mol. The summed E-state index contributed by atoms with van der Waals surface area (Å²) in [7, 11) is 0. The molecule has 5 heteroatoms. The lowest BCUT2D eigenvalue weighted by molar-refractivity contribution is -0.0945. The molecule has 2 unspecified atom stereocenters. The second kappa shape index (κ2) is 7.84. The zero-order valence-electron chi connectivity index (χ0n) is 15.6. The minimum Gasteiger partial charge on any atom is -0.380 e. The van der Waals surface area contributed by atoms with Gasteiger partial charge in [0.1, 0.15) is 0 Å². The van der Waals surface area contributed by atoms with Gasteiger partial charge in [-0.1, -0.05) is 27.7 Å². The van der Waals surface area contributed by atoms with Crippen LogP contribution in [-0.4, -0.2) is 51.5 Å². The Morgan fingerprint density at radius 2 is 2.00 bits per heavy atom. The third kappa shape index (κ3) is 5.35. The lowest BCUT2D eigenvalue weighted by Crippen LogP contribution is -2.48. The van der Waals surface area contributed by atoms with Gasteiger partial charge in [-0.2, -0.15) is 0 Å².